The molecule has 3 aromatic rings. The quantitative estimate of drug-likeness (QED) is 0.582. The summed E-state index contributed by atoms with van der Waals surface area (Å²) < 4.78 is 16.6. The second kappa shape index (κ2) is 10.4. The molecule has 1 amide bonds. The number of nitrogens with one attached hydrogen (secondary N) is 1. The Morgan fingerprint density at radius 1 is 1.12 bits per heavy atom. The maximum atomic E-state index is 13.1. The lowest BCUT2D eigenvalue weighted by Crippen LogP contribution is -2.43. The van der Waals surface area contributed by atoms with Crippen LogP contribution < -0.4 is 10.1 Å². The van der Waals surface area contributed by atoms with Crippen LogP contribution in [0.2, 0.25) is 0 Å². The van der Waals surface area contributed by atoms with Crippen LogP contribution in [0.5, 0.6) is 5.75 Å². The SMILES string of the molecule is Cc1noc(C)c1COc1cccc(C(=O)N[C@H](CN2CCOCC2)c2ccccc2)c1. The highest BCUT2D eigenvalue weighted by molar-refractivity contribution is 5.94. The van der Waals surface area contributed by atoms with Gasteiger partial charge in [0.15, 0.2) is 0 Å². The van der Waals surface area contributed by atoms with E-state index in [1.165, 1.54) is 0 Å². The Labute approximate surface area is 188 Å². The minimum Gasteiger partial charge on any atom is -0.489 e. The Morgan fingerprint density at radius 3 is 2.62 bits per heavy atom. The Kier molecular flexibility index (Phi) is 7.19. The number of aromatic nitrogens is 1. The molecule has 0 aliphatic carbocycles. The normalized spacial score (nSPS) is 15.3. The molecule has 1 aliphatic rings. The highest BCUT2D eigenvalue weighted by atomic mass is 16.5. The number of rotatable bonds is 8. The van der Waals surface area contributed by atoms with E-state index in [9.17, 15) is 4.79 Å². The van der Waals surface area contributed by atoms with Crippen LogP contribution in [0.15, 0.2) is 59.1 Å². The van der Waals surface area contributed by atoms with E-state index < -0.39 is 0 Å². The second-order valence-electron chi connectivity index (χ2n) is 7.97. The predicted octanol–water partition coefficient (Wildman–Crippen LogP) is 3.67. The monoisotopic (exact) mass is 435 g/mol. The van der Waals surface area contributed by atoms with Gasteiger partial charge in [0.25, 0.3) is 5.91 Å². The van der Waals surface area contributed by atoms with Crippen LogP contribution in [0.25, 0.3) is 0 Å². The van der Waals surface area contributed by atoms with Crippen LogP contribution in [-0.4, -0.2) is 48.8 Å². The first kappa shape index (κ1) is 22.0. The fraction of sp³-hybridized carbons (Fsp3) is 0.360. The van der Waals surface area contributed by atoms with Gasteiger partial charge in [0.2, 0.25) is 0 Å². The van der Waals surface area contributed by atoms with Crippen LogP contribution in [0.4, 0.5) is 0 Å². The van der Waals surface area contributed by atoms with Crippen LogP contribution in [0, 0.1) is 13.8 Å². The molecule has 32 heavy (non-hydrogen) atoms. The van der Waals surface area contributed by atoms with Crippen LogP contribution in [-0.2, 0) is 11.3 Å². The first-order valence-electron chi connectivity index (χ1n) is 10.9. The van der Waals surface area contributed by atoms with Crippen LogP contribution in [0.3, 0.4) is 0 Å². The molecule has 0 bridgehead atoms. The van der Waals surface area contributed by atoms with Gasteiger partial charge in [-0.2, -0.15) is 0 Å². The summed E-state index contributed by atoms with van der Waals surface area (Å²) in [5.41, 5.74) is 3.38. The van der Waals surface area contributed by atoms with E-state index in [2.05, 4.69) is 27.5 Å². The summed E-state index contributed by atoms with van der Waals surface area (Å²) in [4.78, 5) is 15.5. The van der Waals surface area contributed by atoms with Gasteiger partial charge in [-0.15, -0.1) is 0 Å². The van der Waals surface area contributed by atoms with E-state index in [4.69, 9.17) is 14.0 Å². The van der Waals surface area contributed by atoms with E-state index in [-0.39, 0.29) is 11.9 Å². The number of carbonyl (C=O) groups excluding carboxylic acids is 1. The summed E-state index contributed by atoms with van der Waals surface area (Å²) in [5, 5.41) is 7.16. The molecule has 2 heterocycles. The summed E-state index contributed by atoms with van der Waals surface area (Å²) in [6.45, 7) is 8.00. The van der Waals surface area contributed by atoms with E-state index in [0.717, 1.165) is 55.4 Å². The van der Waals surface area contributed by atoms with Gasteiger partial charge in [0.05, 0.1) is 30.5 Å². The molecule has 0 unspecified atom stereocenters. The molecular weight excluding hydrogens is 406 g/mol. The van der Waals surface area contributed by atoms with Crippen molar-refractivity contribution in [3.8, 4) is 5.75 Å². The Hall–Kier alpha value is -3.16. The van der Waals surface area contributed by atoms with Gasteiger partial charge in [-0.1, -0.05) is 41.6 Å². The first-order chi connectivity index (χ1) is 15.6. The third-order valence-corrected chi connectivity index (χ3v) is 5.71. The molecular formula is C25H29N3O4. The van der Waals surface area contributed by atoms with Crippen LogP contribution in [0.1, 0.15) is 39.0 Å². The number of amides is 1. The molecule has 0 saturated carbocycles. The molecule has 1 aliphatic heterocycles. The standard InChI is InChI=1S/C25H29N3O4/c1-18-23(19(2)32-27-18)17-31-22-10-6-9-21(15-22)25(29)26-24(20-7-4-3-5-8-20)16-28-11-13-30-14-12-28/h3-10,15,24H,11-14,16-17H2,1-2H3,(H,26,29)/t24-/m1/s1. The summed E-state index contributed by atoms with van der Waals surface area (Å²) in [5.74, 6) is 1.24. The summed E-state index contributed by atoms with van der Waals surface area (Å²) >= 11 is 0. The molecule has 1 saturated heterocycles. The fourth-order valence-electron chi connectivity index (χ4n) is 3.79. The van der Waals surface area contributed by atoms with E-state index in [1.807, 2.05) is 44.2 Å². The van der Waals surface area contributed by atoms with Crippen molar-refractivity contribution in [2.45, 2.75) is 26.5 Å². The van der Waals surface area contributed by atoms with Gasteiger partial charge in [0, 0.05) is 25.2 Å². The van der Waals surface area contributed by atoms with Gasteiger partial charge in [-0.3, -0.25) is 9.69 Å². The van der Waals surface area contributed by atoms with Crippen LogP contribution >= 0.6 is 0 Å². The minimum atomic E-state index is -0.130. The molecule has 4 rings (SSSR count). The second-order valence-corrected chi connectivity index (χ2v) is 7.97. The third kappa shape index (κ3) is 5.55. The number of ether oxygens (including phenoxy) is 2. The molecule has 0 spiro atoms. The van der Waals surface area contributed by atoms with E-state index >= 15 is 0 Å². The zero-order valence-electron chi connectivity index (χ0n) is 18.5. The lowest BCUT2D eigenvalue weighted by Gasteiger charge is -2.31. The van der Waals surface area contributed by atoms with Crippen molar-refractivity contribution in [3.05, 3.63) is 82.7 Å². The topological polar surface area (TPSA) is 76.8 Å². The van der Waals surface area contributed by atoms with Gasteiger partial charge < -0.3 is 19.3 Å². The molecule has 7 nitrogen and oxygen atoms in total. The lowest BCUT2D eigenvalue weighted by atomic mass is 10.1. The number of nitrogens with zero attached hydrogens (tertiary/aromatic N) is 2. The summed E-state index contributed by atoms with van der Waals surface area (Å²) in [6.07, 6.45) is 0. The largest absolute Gasteiger partial charge is 0.489 e. The average molecular weight is 436 g/mol. The highest BCUT2D eigenvalue weighted by Gasteiger charge is 2.21. The summed E-state index contributed by atoms with van der Waals surface area (Å²) in [7, 11) is 0. The Balaban J connectivity index is 1.45. The van der Waals surface area contributed by atoms with E-state index in [1.54, 1.807) is 12.1 Å². The lowest BCUT2D eigenvalue weighted by molar-refractivity contribution is 0.0332. The first-order valence-corrected chi connectivity index (χ1v) is 10.9. The molecule has 7 heteroatoms. The Morgan fingerprint density at radius 2 is 1.91 bits per heavy atom. The molecule has 2 aromatic carbocycles. The van der Waals surface area contributed by atoms with Gasteiger partial charge in [-0.05, 0) is 37.6 Å². The van der Waals surface area contributed by atoms with Crippen molar-refractivity contribution in [1.82, 2.24) is 15.4 Å². The highest BCUT2D eigenvalue weighted by Crippen LogP contribution is 2.20. The Bertz CT molecular complexity index is 1010. The van der Waals surface area contributed by atoms with Crippen molar-refractivity contribution >= 4 is 5.91 Å². The van der Waals surface area contributed by atoms with E-state index in [0.29, 0.717) is 17.9 Å². The smallest absolute Gasteiger partial charge is 0.251 e. The maximum Gasteiger partial charge on any atom is 0.251 e. The molecule has 1 N–H and O–H groups in total. The van der Waals surface area contributed by atoms with Crippen molar-refractivity contribution in [2.75, 3.05) is 32.8 Å². The number of aryl methyl sites for hydroxylation is 2. The fourth-order valence-corrected chi connectivity index (χ4v) is 3.79. The van der Waals surface area contributed by atoms with Crippen molar-refractivity contribution in [1.29, 1.82) is 0 Å². The van der Waals surface area contributed by atoms with Crippen molar-refractivity contribution in [2.24, 2.45) is 0 Å². The average Bonchev–Trinajstić information content (AvgIpc) is 3.15. The number of hydrogen-bond acceptors (Lipinski definition) is 6. The van der Waals surface area contributed by atoms with Gasteiger partial charge in [-0.25, -0.2) is 0 Å². The summed E-state index contributed by atoms with van der Waals surface area (Å²) in [6, 6.07) is 17.2. The third-order valence-electron chi connectivity index (χ3n) is 5.71. The van der Waals surface area contributed by atoms with Gasteiger partial charge in [0.1, 0.15) is 18.1 Å². The zero-order valence-corrected chi connectivity index (χ0v) is 18.5. The molecule has 0 radical (unpaired) electrons. The minimum absolute atomic E-state index is 0.117. The number of benzene rings is 2. The molecule has 168 valence electrons. The number of carbonyl (C=O) groups is 1. The maximum absolute atomic E-state index is 13.1. The zero-order chi connectivity index (χ0) is 22.3. The molecule has 1 fully saturated rings. The van der Waals surface area contributed by atoms with Crippen molar-refractivity contribution in [3.63, 3.8) is 0 Å². The van der Waals surface area contributed by atoms with Gasteiger partial charge >= 0.3 is 0 Å². The number of hydrogen-bond donors (Lipinski definition) is 1. The van der Waals surface area contributed by atoms with Crippen molar-refractivity contribution < 1.29 is 18.8 Å². The molecule has 1 atom stereocenters. The number of morpholine rings is 1. The molecule has 1 aromatic heterocycles. The predicted molar refractivity (Wildman–Crippen MR) is 121 cm³/mol.